The van der Waals surface area contributed by atoms with E-state index in [0.717, 1.165) is 17.7 Å². The van der Waals surface area contributed by atoms with E-state index in [0.29, 0.717) is 19.2 Å². The number of carbonyl (C=O) groups is 1. The smallest absolute Gasteiger partial charge is 0.315 e. The molecule has 2 N–H and O–H groups in total. The molecule has 2 rings (SSSR count). The first-order valence-corrected chi connectivity index (χ1v) is 7.55. The number of rotatable bonds is 6. The number of benzene rings is 1. The second-order valence-electron chi connectivity index (χ2n) is 5.28. The first-order chi connectivity index (χ1) is 9.78. The van der Waals surface area contributed by atoms with E-state index in [9.17, 15) is 4.79 Å². The summed E-state index contributed by atoms with van der Waals surface area (Å²) in [7, 11) is 0. The van der Waals surface area contributed by atoms with Crippen LogP contribution in [0.15, 0.2) is 24.3 Å². The van der Waals surface area contributed by atoms with Crippen LogP contribution >= 0.6 is 0 Å². The van der Waals surface area contributed by atoms with Gasteiger partial charge in [-0.1, -0.05) is 19.1 Å². The normalized spacial score (nSPS) is 15.1. The van der Waals surface area contributed by atoms with Gasteiger partial charge in [-0.2, -0.15) is 0 Å². The van der Waals surface area contributed by atoms with Crippen LogP contribution < -0.4 is 15.4 Å². The molecule has 20 heavy (non-hydrogen) atoms. The summed E-state index contributed by atoms with van der Waals surface area (Å²) in [6, 6.07) is 7.87. The van der Waals surface area contributed by atoms with E-state index in [1.807, 2.05) is 31.2 Å². The summed E-state index contributed by atoms with van der Waals surface area (Å²) in [6.45, 7) is 3.28. The second-order valence-corrected chi connectivity index (χ2v) is 5.28. The highest BCUT2D eigenvalue weighted by atomic mass is 16.5. The van der Waals surface area contributed by atoms with Crippen molar-refractivity contribution in [3.8, 4) is 5.75 Å². The van der Waals surface area contributed by atoms with E-state index in [1.165, 1.54) is 25.7 Å². The van der Waals surface area contributed by atoms with E-state index in [1.54, 1.807) is 0 Å². The molecule has 0 radical (unpaired) electrons. The maximum atomic E-state index is 11.4. The number of urea groups is 1. The molecule has 2 amide bonds. The van der Waals surface area contributed by atoms with E-state index in [4.69, 9.17) is 4.74 Å². The Morgan fingerprint density at radius 1 is 1.20 bits per heavy atom. The third-order valence-electron chi connectivity index (χ3n) is 3.52. The molecule has 0 atom stereocenters. The highest BCUT2D eigenvalue weighted by Crippen LogP contribution is 2.24. The molecular weight excluding hydrogens is 252 g/mol. The Morgan fingerprint density at radius 3 is 2.55 bits per heavy atom. The summed E-state index contributed by atoms with van der Waals surface area (Å²) in [4.78, 5) is 11.4. The van der Waals surface area contributed by atoms with Crippen molar-refractivity contribution < 1.29 is 9.53 Å². The van der Waals surface area contributed by atoms with Crippen molar-refractivity contribution in [2.75, 3.05) is 6.54 Å². The molecule has 4 heteroatoms. The molecule has 0 aliphatic heterocycles. The zero-order valence-electron chi connectivity index (χ0n) is 12.2. The molecule has 1 saturated carbocycles. The average molecular weight is 276 g/mol. The maximum Gasteiger partial charge on any atom is 0.315 e. The van der Waals surface area contributed by atoms with Gasteiger partial charge in [0.25, 0.3) is 0 Å². The minimum Gasteiger partial charge on any atom is -0.490 e. The Morgan fingerprint density at radius 2 is 1.90 bits per heavy atom. The number of hydrogen-bond acceptors (Lipinski definition) is 2. The zero-order chi connectivity index (χ0) is 14.2. The minimum absolute atomic E-state index is 0.113. The highest BCUT2D eigenvalue weighted by Gasteiger charge is 2.16. The Hall–Kier alpha value is -1.71. The van der Waals surface area contributed by atoms with Crippen LogP contribution in [0.1, 0.15) is 44.6 Å². The summed E-state index contributed by atoms with van der Waals surface area (Å²) < 4.78 is 5.91. The van der Waals surface area contributed by atoms with Gasteiger partial charge in [0.2, 0.25) is 0 Å². The minimum atomic E-state index is -0.113. The predicted octanol–water partition coefficient (Wildman–Crippen LogP) is 3.22. The van der Waals surface area contributed by atoms with Crippen LogP contribution in [0, 0.1) is 0 Å². The molecule has 1 fully saturated rings. The van der Waals surface area contributed by atoms with Crippen LogP contribution in [0.4, 0.5) is 4.79 Å². The third kappa shape index (κ3) is 4.76. The quantitative estimate of drug-likeness (QED) is 0.838. The molecule has 0 spiro atoms. The van der Waals surface area contributed by atoms with Crippen molar-refractivity contribution >= 4 is 6.03 Å². The van der Waals surface area contributed by atoms with Crippen molar-refractivity contribution in [1.29, 1.82) is 0 Å². The lowest BCUT2D eigenvalue weighted by molar-refractivity contribution is 0.210. The fourth-order valence-corrected chi connectivity index (χ4v) is 2.37. The Balaban J connectivity index is 1.74. The first kappa shape index (κ1) is 14.7. The average Bonchev–Trinajstić information content (AvgIpc) is 2.97. The fourth-order valence-electron chi connectivity index (χ4n) is 2.37. The third-order valence-corrected chi connectivity index (χ3v) is 3.52. The number of nitrogens with one attached hydrogen (secondary N) is 2. The zero-order valence-corrected chi connectivity index (χ0v) is 12.2. The Labute approximate surface area is 120 Å². The van der Waals surface area contributed by atoms with Crippen LogP contribution in [-0.4, -0.2) is 18.7 Å². The summed E-state index contributed by atoms with van der Waals surface area (Å²) >= 11 is 0. The number of amides is 2. The Bertz CT molecular complexity index is 411. The monoisotopic (exact) mass is 276 g/mol. The molecule has 0 bridgehead atoms. The van der Waals surface area contributed by atoms with Gasteiger partial charge < -0.3 is 15.4 Å². The van der Waals surface area contributed by atoms with E-state index in [2.05, 4.69) is 10.6 Å². The molecular formula is C16H24N2O2. The summed E-state index contributed by atoms with van der Waals surface area (Å²) in [5.74, 6) is 0.927. The van der Waals surface area contributed by atoms with Gasteiger partial charge in [0, 0.05) is 13.1 Å². The van der Waals surface area contributed by atoms with Gasteiger partial charge in [0.15, 0.2) is 0 Å². The lowest BCUT2D eigenvalue weighted by Crippen LogP contribution is -2.35. The molecule has 0 aromatic heterocycles. The summed E-state index contributed by atoms with van der Waals surface area (Å²) in [5, 5.41) is 5.62. The van der Waals surface area contributed by atoms with Crippen LogP contribution in [0.3, 0.4) is 0 Å². The van der Waals surface area contributed by atoms with Crippen LogP contribution in [0.2, 0.25) is 0 Å². The largest absolute Gasteiger partial charge is 0.490 e. The van der Waals surface area contributed by atoms with E-state index in [-0.39, 0.29) is 6.03 Å². The number of hydrogen-bond donors (Lipinski definition) is 2. The summed E-state index contributed by atoms with van der Waals surface area (Å²) in [6.07, 6.45) is 6.22. The molecule has 1 aromatic carbocycles. The molecule has 110 valence electrons. The van der Waals surface area contributed by atoms with Crippen molar-refractivity contribution in [3.05, 3.63) is 29.8 Å². The van der Waals surface area contributed by atoms with Crippen molar-refractivity contribution in [3.63, 3.8) is 0 Å². The van der Waals surface area contributed by atoms with Gasteiger partial charge in [-0.25, -0.2) is 4.79 Å². The van der Waals surface area contributed by atoms with Gasteiger partial charge in [-0.15, -0.1) is 0 Å². The van der Waals surface area contributed by atoms with Crippen LogP contribution in [0.25, 0.3) is 0 Å². The van der Waals surface area contributed by atoms with Crippen molar-refractivity contribution in [1.82, 2.24) is 10.6 Å². The van der Waals surface area contributed by atoms with Crippen molar-refractivity contribution in [2.45, 2.75) is 51.7 Å². The maximum absolute atomic E-state index is 11.4. The van der Waals surface area contributed by atoms with E-state index >= 15 is 0 Å². The van der Waals surface area contributed by atoms with Crippen LogP contribution in [0.5, 0.6) is 5.75 Å². The molecule has 0 unspecified atom stereocenters. The fraction of sp³-hybridized carbons (Fsp3) is 0.562. The van der Waals surface area contributed by atoms with Crippen molar-refractivity contribution in [2.24, 2.45) is 0 Å². The first-order valence-electron chi connectivity index (χ1n) is 7.55. The highest BCUT2D eigenvalue weighted by molar-refractivity contribution is 5.73. The molecule has 1 aromatic rings. The topological polar surface area (TPSA) is 50.4 Å². The lowest BCUT2D eigenvalue weighted by atomic mass is 10.2. The predicted molar refractivity (Wildman–Crippen MR) is 79.9 cm³/mol. The second kappa shape index (κ2) is 7.78. The SMILES string of the molecule is CCCNC(=O)NCc1ccc(OC2CCCC2)cc1. The van der Waals surface area contributed by atoms with Gasteiger partial charge in [-0.3, -0.25) is 0 Å². The van der Waals surface area contributed by atoms with Crippen LogP contribution in [-0.2, 0) is 6.54 Å². The number of ether oxygens (including phenoxy) is 1. The Kier molecular flexibility index (Phi) is 5.71. The summed E-state index contributed by atoms with van der Waals surface area (Å²) in [5.41, 5.74) is 1.08. The van der Waals surface area contributed by atoms with Gasteiger partial charge in [0.1, 0.15) is 5.75 Å². The molecule has 1 aliphatic rings. The van der Waals surface area contributed by atoms with Gasteiger partial charge >= 0.3 is 6.03 Å². The van der Waals surface area contributed by atoms with Gasteiger partial charge in [0.05, 0.1) is 6.10 Å². The molecule has 0 saturated heterocycles. The molecule has 1 aliphatic carbocycles. The van der Waals surface area contributed by atoms with Gasteiger partial charge in [-0.05, 0) is 49.8 Å². The standard InChI is InChI=1S/C16H24N2O2/c1-2-11-17-16(19)18-12-13-7-9-15(10-8-13)20-14-5-3-4-6-14/h7-10,14H,2-6,11-12H2,1H3,(H2,17,18,19). The molecule has 0 heterocycles. The molecule has 4 nitrogen and oxygen atoms in total. The lowest BCUT2D eigenvalue weighted by Gasteiger charge is -2.13. The number of carbonyl (C=O) groups excluding carboxylic acids is 1. The van der Waals surface area contributed by atoms with E-state index < -0.39 is 0 Å².